The number of nitro benzene ring substituents is 1. The van der Waals surface area contributed by atoms with E-state index in [9.17, 15) is 14.9 Å². The van der Waals surface area contributed by atoms with Gasteiger partial charge >= 0.3 is 5.69 Å². The van der Waals surface area contributed by atoms with Crippen LogP contribution in [-0.2, 0) is 4.79 Å². The Balaban J connectivity index is 1.85. The SMILES string of the molecule is CC(/C=N/NC(=O)COc1ccccc1[N+](=O)[O-])=C\c1ccccc1. The number of para-hydroxylation sites is 2. The number of nitro groups is 1. The summed E-state index contributed by atoms with van der Waals surface area (Å²) < 4.78 is 5.17. The molecule has 1 amide bonds. The van der Waals surface area contributed by atoms with Crippen LogP contribution in [0.3, 0.4) is 0 Å². The van der Waals surface area contributed by atoms with Crippen LogP contribution in [0, 0.1) is 10.1 Å². The summed E-state index contributed by atoms with van der Waals surface area (Å²) in [6.07, 6.45) is 3.43. The molecule has 0 aliphatic heterocycles. The number of nitrogens with zero attached hydrogens (tertiary/aromatic N) is 2. The highest BCUT2D eigenvalue weighted by Gasteiger charge is 2.14. The number of carbonyl (C=O) groups excluding carboxylic acids is 1. The molecular weight excluding hydrogens is 322 g/mol. The van der Waals surface area contributed by atoms with Crippen molar-refractivity contribution in [1.82, 2.24) is 5.43 Å². The largest absolute Gasteiger partial charge is 0.477 e. The molecule has 2 aromatic carbocycles. The van der Waals surface area contributed by atoms with Crippen molar-refractivity contribution in [1.29, 1.82) is 0 Å². The molecule has 0 fully saturated rings. The molecule has 128 valence electrons. The van der Waals surface area contributed by atoms with Gasteiger partial charge in [0, 0.05) is 6.07 Å². The van der Waals surface area contributed by atoms with E-state index in [0.29, 0.717) is 0 Å². The molecule has 2 rings (SSSR count). The van der Waals surface area contributed by atoms with Gasteiger partial charge in [0.05, 0.1) is 11.1 Å². The van der Waals surface area contributed by atoms with Gasteiger partial charge in [0.25, 0.3) is 5.91 Å². The van der Waals surface area contributed by atoms with Crippen LogP contribution in [0.1, 0.15) is 12.5 Å². The fourth-order valence-electron chi connectivity index (χ4n) is 1.96. The molecule has 0 bridgehead atoms. The normalized spacial score (nSPS) is 11.3. The average molecular weight is 339 g/mol. The predicted molar refractivity (Wildman–Crippen MR) is 95.3 cm³/mol. The lowest BCUT2D eigenvalue weighted by molar-refractivity contribution is -0.385. The van der Waals surface area contributed by atoms with E-state index >= 15 is 0 Å². The van der Waals surface area contributed by atoms with Crippen molar-refractivity contribution >= 4 is 23.9 Å². The third kappa shape index (κ3) is 5.91. The summed E-state index contributed by atoms with van der Waals surface area (Å²) >= 11 is 0. The molecule has 0 saturated carbocycles. The Kier molecular flexibility index (Phi) is 6.41. The molecule has 1 N–H and O–H groups in total. The van der Waals surface area contributed by atoms with Gasteiger partial charge in [0.2, 0.25) is 0 Å². The van der Waals surface area contributed by atoms with E-state index in [-0.39, 0.29) is 18.0 Å². The van der Waals surface area contributed by atoms with Crippen molar-refractivity contribution in [2.45, 2.75) is 6.92 Å². The standard InChI is InChI=1S/C18H17N3O4/c1-14(11-15-7-3-2-4-8-15)12-19-20-18(22)13-25-17-10-6-5-9-16(17)21(23)24/h2-12H,13H2,1H3,(H,20,22)/b14-11+,19-12+. The van der Waals surface area contributed by atoms with Gasteiger partial charge in [-0.05, 0) is 24.1 Å². The maximum atomic E-state index is 11.7. The van der Waals surface area contributed by atoms with E-state index in [1.165, 1.54) is 24.4 Å². The second-order valence-electron chi connectivity index (χ2n) is 5.11. The molecule has 0 aliphatic carbocycles. The Morgan fingerprint density at radius 3 is 2.60 bits per heavy atom. The molecule has 2 aromatic rings. The van der Waals surface area contributed by atoms with E-state index in [0.717, 1.165) is 11.1 Å². The lowest BCUT2D eigenvalue weighted by atomic mass is 10.1. The Bertz CT molecular complexity index is 801. The topological polar surface area (TPSA) is 93.8 Å². The average Bonchev–Trinajstić information content (AvgIpc) is 2.61. The van der Waals surface area contributed by atoms with Crippen LogP contribution in [-0.4, -0.2) is 23.7 Å². The molecule has 25 heavy (non-hydrogen) atoms. The third-order valence-electron chi connectivity index (χ3n) is 3.07. The van der Waals surface area contributed by atoms with Crippen LogP contribution in [0.4, 0.5) is 5.69 Å². The first-order valence-electron chi connectivity index (χ1n) is 7.48. The maximum Gasteiger partial charge on any atom is 0.310 e. The van der Waals surface area contributed by atoms with Crippen molar-refractivity contribution < 1.29 is 14.5 Å². The van der Waals surface area contributed by atoms with Crippen molar-refractivity contribution in [3.8, 4) is 5.75 Å². The minimum atomic E-state index is -0.566. The number of hydrogen-bond acceptors (Lipinski definition) is 5. The zero-order valence-corrected chi connectivity index (χ0v) is 13.6. The number of hydrogen-bond donors (Lipinski definition) is 1. The van der Waals surface area contributed by atoms with Crippen LogP contribution in [0.25, 0.3) is 6.08 Å². The van der Waals surface area contributed by atoms with Crippen molar-refractivity contribution in [2.75, 3.05) is 6.61 Å². The monoisotopic (exact) mass is 339 g/mol. The number of ether oxygens (including phenoxy) is 1. The van der Waals surface area contributed by atoms with E-state index in [2.05, 4.69) is 10.5 Å². The van der Waals surface area contributed by atoms with Crippen molar-refractivity contribution in [3.05, 3.63) is 75.8 Å². The Morgan fingerprint density at radius 2 is 1.88 bits per heavy atom. The lowest BCUT2D eigenvalue weighted by Crippen LogP contribution is -2.24. The number of rotatable bonds is 7. The fraction of sp³-hybridized carbons (Fsp3) is 0.111. The molecule has 0 spiro atoms. The predicted octanol–water partition coefficient (Wildman–Crippen LogP) is 3.18. The first kappa shape index (κ1) is 17.9. The van der Waals surface area contributed by atoms with Gasteiger partial charge in [-0.2, -0.15) is 5.10 Å². The third-order valence-corrected chi connectivity index (χ3v) is 3.07. The summed E-state index contributed by atoms with van der Waals surface area (Å²) in [5.74, 6) is -0.478. The number of amides is 1. The molecule has 0 aromatic heterocycles. The molecular formula is C18H17N3O4. The van der Waals surface area contributed by atoms with Crippen LogP contribution in [0.5, 0.6) is 5.75 Å². The van der Waals surface area contributed by atoms with E-state index in [1.807, 2.05) is 43.3 Å². The molecule has 0 unspecified atom stereocenters. The Morgan fingerprint density at radius 1 is 1.20 bits per heavy atom. The van der Waals surface area contributed by atoms with E-state index in [1.54, 1.807) is 6.07 Å². The summed E-state index contributed by atoms with van der Waals surface area (Å²) in [7, 11) is 0. The molecule has 0 radical (unpaired) electrons. The second kappa shape index (κ2) is 8.97. The fourth-order valence-corrected chi connectivity index (χ4v) is 1.96. The highest BCUT2D eigenvalue weighted by atomic mass is 16.6. The van der Waals surface area contributed by atoms with Crippen molar-refractivity contribution in [3.63, 3.8) is 0 Å². The van der Waals surface area contributed by atoms with Gasteiger partial charge in [0.15, 0.2) is 12.4 Å². The summed E-state index contributed by atoms with van der Waals surface area (Å²) in [5, 5.41) is 14.7. The summed E-state index contributed by atoms with van der Waals surface area (Å²) in [6, 6.07) is 15.6. The second-order valence-corrected chi connectivity index (χ2v) is 5.11. The molecule has 7 nitrogen and oxygen atoms in total. The molecule has 0 saturated heterocycles. The minimum Gasteiger partial charge on any atom is -0.477 e. The summed E-state index contributed by atoms with van der Waals surface area (Å²) in [5.41, 5.74) is 4.00. The summed E-state index contributed by atoms with van der Waals surface area (Å²) in [4.78, 5) is 22.0. The number of benzene rings is 2. The first-order valence-corrected chi connectivity index (χ1v) is 7.48. The molecule has 0 atom stereocenters. The van der Waals surface area contributed by atoms with Gasteiger partial charge < -0.3 is 4.74 Å². The van der Waals surface area contributed by atoms with Crippen LogP contribution < -0.4 is 10.2 Å². The minimum absolute atomic E-state index is 0.0341. The highest BCUT2D eigenvalue weighted by Crippen LogP contribution is 2.25. The lowest BCUT2D eigenvalue weighted by Gasteiger charge is -2.05. The highest BCUT2D eigenvalue weighted by molar-refractivity contribution is 5.86. The number of nitrogens with one attached hydrogen (secondary N) is 1. The quantitative estimate of drug-likeness (QED) is 0.476. The van der Waals surface area contributed by atoms with Crippen LogP contribution >= 0.6 is 0 Å². The van der Waals surface area contributed by atoms with E-state index in [4.69, 9.17) is 4.74 Å². The van der Waals surface area contributed by atoms with Crippen molar-refractivity contribution in [2.24, 2.45) is 5.10 Å². The van der Waals surface area contributed by atoms with Gasteiger partial charge in [-0.3, -0.25) is 14.9 Å². The zero-order valence-electron chi connectivity index (χ0n) is 13.6. The first-order chi connectivity index (χ1) is 12.1. The molecule has 7 heteroatoms. The molecule has 0 heterocycles. The van der Waals surface area contributed by atoms with Gasteiger partial charge in [-0.25, -0.2) is 5.43 Å². The zero-order chi connectivity index (χ0) is 18.1. The molecule has 0 aliphatic rings. The van der Waals surface area contributed by atoms with Crippen LogP contribution in [0.15, 0.2) is 65.3 Å². The Hall–Kier alpha value is -3.48. The summed E-state index contributed by atoms with van der Waals surface area (Å²) in [6.45, 7) is 1.48. The van der Waals surface area contributed by atoms with Gasteiger partial charge in [-0.15, -0.1) is 0 Å². The smallest absolute Gasteiger partial charge is 0.310 e. The van der Waals surface area contributed by atoms with Crippen LogP contribution in [0.2, 0.25) is 0 Å². The van der Waals surface area contributed by atoms with Gasteiger partial charge in [-0.1, -0.05) is 48.5 Å². The van der Waals surface area contributed by atoms with E-state index < -0.39 is 10.8 Å². The van der Waals surface area contributed by atoms with Gasteiger partial charge in [0.1, 0.15) is 0 Å². The Labute approximate surface area is 144 Å². The number of hydrazone groups is 1. The maximum absolute atomic E-state index is 11.7. The number of carbonyl (C=O) groups is 1. The number of allylic oxidation sites excluding steroid dienone is 1.